The number of nitrogens with zero attached hydrogens (tertiary/aromatic N) is 2. The van der Waals surface area contributed by atoms with Crippen LogP contribution in [0.5, 0.6) is 0 Å². The molecule has 0 spiro atoms. The van der Waals surface area contributed by atoms with Crippen molar-refractivity contribution in [1.29, 1.82) is 0 Å². The molecule has 7 nitrogen and oxygen atoms in total. The van der Waals surface area contributed by atoms with E-state index in [-0.39, 0.29) is 37.4 Å². The van der Waals surface area contributed by atoms with Crippen LogP contribution in [0.2, 0.25) is 0 Å². The lowest BCUT2D eigenvalue weighted by atomic mass is 10.0. The van der Waals surface area contributed by atoms with Crippen LogP contribution in [-0.4, -0.2) is 43.8 Å². The molecule has 0 saturated heterocycles. The highest BCUT2D eigenvalue weighted by molar-refractivity contribution is 9.10. The number of hydrogen-bond acceptors (Lipinski definition) is 4. The van der Waals surface area contributed by atoms with Crippen molar-refractivity contribution in [1.82, 2.24) is 10.2 Å². The van der Waals surface area contributed by atoms with Crippen molar-refractivity contribution in [2.75, 3.05) is 10.8 Å². The van der Waals surface area contributed by atoms with Crippen LogP contribution in [0.15, 0.2) is 100 Å². The number of sulfonamides is 1. The largest absolute Gasteiger partial charge is 0.352 e. The molecule has 2 amide bonds. The van der Waals surface area contributed by atoms with Crippen LogP contribution in [0.1, 0.15) is 49.7 Å². The first-order valence-electron chi connectivity index (χ1n) is 15.2. The third-order valence-electron chi connectivity index (χ3n) is 8.67. The lowest BCUT2D eigenvalue weighted by Crippen LogP contribution is -2.52. The first-order chi connectivity index (χ1) is 21.3. The van der Waals surface area contributed by atoms with Crippen LogP contribution in [-0.2, 0) is 32.6 Å². The van der Waals surface area contributed by atoms with Gasteiger partial charge >= 0.3 is 0 Å². The van der Waals surface area contributed by atoms with Gasteiger partial charge in [0, 0.05) is 41.8 Å². The van der Waals surface area contributed by atoms with Crippen molar-refractivity contribution >= 4 is 54.2 Å². The number of carbonyl (C=O) groups excluding carboxylic acids is 2. The molecular weight excluding hydrogens is 638 g/mol. The number of rotatable bonds is 11. The molecule has 228 valence electrons. The van der Waals surface area contributed by atoms with Gasteiger partial charge in [0.05, 0.1) is 10.6 Å². The van der Waals surface area contributed by atoms with Crippen LogP contribution in [0, 0.1) is 0 Å². The zero-order valence-electron chi connectivity index (χ0n) is 24.5. The van der Waals surface area contributed by atoms with Crippen molar-refractivity contribution in [2.24, 2.45) is 0 Å². The monoisotopic (exact) mass is 673 g/mol. The molecule has 9 heteroatoms. The second kappa shape index (κ2) is 13.1. The van der Waals surface area contributed by atoms with E-state index in [0.29, 0.717) is 23.4 Å². The standard InChI is InChI=1S/C35H36BrN3O4S/c36-28-20-18-26(19-21-28)24-38(31(23-25-9-2-1-3-10-25)35(41)37-29-13-4-5-14-29)33(40)17-8-22-39-30-15-6-11-27-12-7-16-32(34(27)30)44(39,42)43/h1-3,6-7,9-12,15-16,18-21,29,31H,4-5,8,13-14,17,22-24H2,(H,37,41)/t31-/m0/s1. The maximum absolute atomic E-state index is 14.1. The van der Waals surface area contributed by atoms with Gasteiger partial charge in [-0.05, 0) is 60.0 Å². The third-order valence-corrected chi connectivity index (χ3v) is 11.1. The topological polar surface area (TPSA) is 86.8 Å². The summed E-state index contributed by atoms with van der Waals surface area (Å²) < 4.78 is 29.3. The van der Waals surface area contributed by atoms with E-state index in [0.717, 1.165) is 52.1 Å². The maximum atomic E-state index is 14.1. The van der Waals surface area contributed by atoms with Crippen LogP contribution in [0.3, 0.4) is 0 Å². The zero-order chi connectivity index (χ0) is 30.7. The average Bonchev–Trinajstić information content (AvgIpc) is 3.61. The van der Waals surface area contributed by atoms with Gasteiger partial charge in [-0.2, -0.15) is 0 Å². The second-order valence-corrected chi connectivity index (χ2v) is 14.4. The van der Waals surface area contributed by atoms with Crippen LogP contribution < -0.4 is 9.62 Å². The number of nitrogens with one attached hydrogen (secondary N) is 1. The smallest absolute Gasteiger partial charge is 0.265 e. The van der Waals surface area contributed by atoms with Crippen molar-refractivity contribution in [3.63, 3.8) is 0 Å². The molecule has 4 aromatic rings. The minimum Gasteiger partial charge on any atom is -0.352 e. The van der Waals surface area contributed by atoms with E-state index in [2.05, 4.69) is 21.2 Å². The number of benzene rings is 4. The van der Waals surface area contributed by atoms with E-state index >= 15 is 0 Å². The van der Waals surface area contributed by atoms with Gasteiger partial charge in [-0.15, -0.1) is 0 Å². The molecule has 6 rings (SSSR count). The molecule has 1 heterocycles. The molecule has 44 heavy (non-hydrogen) atoms. The molecule has 0 aromatic heterocycles. The molecular formula is C35H36BrN3O4S. The quantitative estimate of drug-likeness (QED) is 0.195. The van der Waals surface area contributed by atoms with Crippen molar-refractivity contribution < 1.29 is 18.0 Å². The van der Waals surface area contributed by atoms with Crippen molar-refractivity contribution in [3.05, 3.63) is 107 Å². The van der Waals surface area contributed by atoms with Gasteiger partial charge in [-0.1, -0.05) is 95.5 Å². The number of anilines is 1. The predicted octanol–water partition coefficient (Wildman–Crippen LogP) is 6.59. The fourth-order valence-electron chi connectivity index (χ4n) is 6.42. The summed E-state index contributed by atoms with van der Waals surface area (Å²) in [5, 5.41) is 4.84. The summed E-state index contributed by atoms with van der Waals surface area (Å²) in [5.74, 6) is -0.321. The van der Waals surface area contributed by atoms with E-state index in [1.807, 2.05) is 78.9 Å². The fourth-order valence-corrected chi connectivity index (χ4v) is 8.44. The molecule has 1 N–H and O–H groups in total. The van der Waals surface area contributed by atoms with Crippen LogP contribution in [0.4, 0.5) is 5.69 Å². The molecule has 1 aliphatic heterocycles. The lowest BCUT2D eigenvalue weighted by molar-refractivity contribution is -0.141. The van der Waals surface area contributed by atoms with E-state index in [1.54, 1.807) is 17.0 Å². The fraction of sp³-hybridized carbons (Fsp3) is 0.314. The number of amides is 2. The van der Waals surface area contributed by atoms with Gasteiger partial charge in [-0.25, -0.2) is 8.42 Å². The summed E-state index contributed by atoms with van der Waals surface area (Å²) in [6.45, 7) is 0.445. The van der Waals surface area contributed by atoms with Gasteiger partial charge < -0.3 is 10.2 Å². The highest BCUT2D eigenvalue weighted by Gasteiger charge is 2.36. The molecule has 1 fully saturated rings. The van der Waals surface area contributed by atoms with E-state index in [9.17, 15) is 18.0 Å². The minimum absolute atomic E-state index is 0.108. The van der Waals surface area contributed by atoms with E-state index in [4.69, 9.17) is 0 Å². The summed E-state index contributed by atoms with van der Waals surface area (Å²) in [7, 11) is -3.71. The molecule has 0 radical (unpaired) electrons. The average molecular weight is 675 g/mol. The number of hydrogen-bond donors (Lipinski definition) is 1. The van der Waals surface area contributed by atoms with Gasteiger partial charge in [0.1, 0.15) is 6.04 Å². The summed E-state index contributed by atoms with van der Waals surface area (Å²) >= 11 is 3.48. The van der Waals surface area contributed by atoms with Gasteiger partial charge in [0.25, 0.3) is 10.0 Å². The Morgan fingerprint density at radius 1 is 0.886 bits per heavy atom. The Hall–Kier alpha value is -3.69. The zero-order valence-corrected chi connectivity index (χ0v) is 26.9. The van der Waals surface area contributed by atoms with Gasteiger partial charge in [0.15, 0.2) is 0 Å². The molecule has 1 aliphatic carbocycles. The molecule has 1 saturated carbocycles. The Morgan fingerprint density at radius 3 is 2.32 bits per heavy atom. The van der Waals surface area contributed by atoms with E-state index < -0.39 is 16.1 Å². The molecule has 0 unspecified atom stereocenters. The Morgan fingerprint density at radius 2 is 1.59 bits per heavy atom. The third kappa shape index (κ3) is 6.40. The summed E-state index contributed by atoms with van der Waals surface area (Å²) in [6.07, 6.45) is 4.89. The molecule has 4 aromatic carbocycles. The van der Waals surface area contributed by atoms with Crippen LogP contribution in [0.25, 0.3) is 10.8 Å². The lowest BCUT2D eigenvalue weighted by Gasteiger charge is -2.32. The van der Waals surface area contributed by atoms with Crippen molar-refractivity contribution in [2.45, 2.75) is 68.5 Å². The Balaban J connectivity index is 1.25. The van der Waals surface area contributed by atoms with E-state index in [1.165, 1.54) is 4.31 Å². The first kappa shape index (κ1) is 30.3. The normalized spacial score (nSPS) is 16.2. The van der Waals surface area contributed by atoms with Crippen molar-refractivity contribution in [3.8, 4) is 0 Å². The Kier molecular flexibility index (Phi) is 9.05. The first-order valence-corrected chi connectivity index (χ1v) is 17.5. The Bertz CT molecular complexity index is 1750. The van der Waals surface area contributed by atoms with Gasteiger partial charge in [-0.3, -0.25) is 13.9 Å². The van der Waals surface area contributed by atoms with Crippen LogP contribution >= 0.6 is 15.9 Å². The molecule has 1 atom stereocenters. The SMILES string of the molecule is O=C(NC1CCCC1)[C@H](Cc1ccccc1)N(Cc1ccc(Br)cc1)C(=O)CCCN1c2cccc3cccc(c23)S1(=O)=O. The predicted molar refractivity (Wildman–Crippen MR) is 177 cm³/mol. The van der Waals surface area contributed by atoms with Gasteiger partial charge in [0.2, 0.25) is 11.8 Å². The number of halogens is 1. The molecule has 2 aliphatic rings. The summed E-state index contributed by atoms with van der Waals surface area (Å²) in [5.41, 5.74) is 2.54. The summed E-state index contributed by atoms with van der Waals surface area (Å²) in [4.78, 5) is 30.0. The minimum atomic E-state index is -3.71. The summed E-state index contributed by atoms with van der Waals surface area (Å²) in [6, 6.07) is 27.9. The Labute approximate surface area is 267 Å². The highest BCUT2D eigenvalue weighted by atomic mass is 79.9. The second-order valence-electron chi connectivity index (χ2n) is 11.7. The maximum Gasteiger partial charge on any atom is 0.265 e. The molecule has 0 bridgehead atoms. The highest BCUT2D eigenvalue weighted by Crippen LogP contribution is 2.42. The number of carbonyl (C=O) groups is 2.